The summed E-state index contributed by atoms with van der Waals surface area (Å²) >= 11 is 0. The van der Waals surface area contributed by atoms with E-state index in [-0.39, 0.29) is 17.7 Å². The predicted molar refractivity (Wildman–Crippen MR) is 103 cm³/mol. The molecule has 0 saturated carbocycles. The second-order valence-electron chi connectivity index (χ2n) is 6.88. The van der Waals surface area contributed by atoms with Gasteiger partial charge in [0, 0.05) is 12.6 Å². The van der Waals surface area contributed by atoms with Crippen molar-refractivity contribution in [2.24, 2.45) is 0 Å². The second kappa shape index (κ2) is 9.37. The Hall–Kier alpha value is -1.60. The van der Waals surface area contributed by atoms with Crippen molar-refractivity contribution in [3.8, 4) is 5.75 Å². The molecular formula is C19H30N2O4S. The van der Waals surface area contributed by atoms with Crippen LogP contribution < -0.4 is 10.1 Å². The first-order chi connectivity index (χ1) is 12.4. The highest BCUT2D eigenvalue weighted by Crippen LogP contribution is 2.22. The Morgan fingerprint density at radius 1 is 1.35 bits per heavy atom. The highest BCUT2D eigenvalue weighted by atomic mass is 32.2. The van der Waals surface area contributed by atoms with E-state index in [1.165, 1.54) is 9.87 Å². The topological polar surface area (TPSA) is 75.7 Å². The largest absolute Gasteiger partial charge is 0.497 e. The Morgan fingerprint density at radius 2 is 2.04 bits per heavy atom. The van der Waals surface area contributed by atoms with Crippen molar-refractivity contribution in [1.29, 1.82) is 0 Å². The third-order valence-corrected chi connectivity index (χ3v) is 6.82. The van der Waals surface area contributed by atoms with E-state index in [9.17, 15) is 13.2 Å². The van der Waals surface area contributed by atoms with Gasteiger partial charge in [0.05, 0.1) is 12.9 Å². The highest BCUT2D eigenvalue weighted by molar-refractivity contribution is 7.89. The molecule has 0 spiro atoms. The fraction of sp³-hybridized carbons (Fsp3) is 0.632. The van der Waals surface area contributed by atoms with Crippen LogP contribution in [-0.4, -0.2) is 50.1 Å². The molecule has 2 unspecified atom stereocenters. The number of hydrogen-bond donors (Lipinski definition) is 1. The molecule has 7 heteroatoms. The van der Waals surface area contributed by atoms with Gasteiger partial charge >= 0.3 is 0 Å². The van der Waals surface area contributed by atoms with Crippen molar-refractivity contribution in [3.05, 3.63) is 29.8 Å². The van der Waals surface area contributed by atoms with Gasteiger partial charge in [-0.15, -0.1) is 0 Å². The van der Waals surface area contributed by atoms with Crippen molar-refractivity contribution in [2.75, 3.05) is 19.4 Å². The highest BCUT2D eigenvalue weighted by Gasteiger charge is 2.38. The number of ether oxygens (including phenoxy) is 1. The van der Waals surface area contributed by atoms with Crippen LogP contribution in [0.2, 0.25) is 0 Å². The van der Waals surface area contributed by atoms with E-state index in [1.807, 2.05) is 38.1 Å². The van der Waals surface area contributed by atoms with Gasteiger partial charge in [-0.25, -0.2) is 8.42 Å². The van der Waals surface area contributed by atoms with Gasteiger partial charge in [-0.05, 0) is 56.7 Å². The molecule has 1 aromatic carbocycles. The Balaban J connectivity index is 1.87. The first-order valence-electron chi connectivity index (χ1n) is 9.30. The summed E-state index contributed by atoms with van der Waals surface area (Å²) in [7, 11) is -1.70. The maximum Gasteiger partial charge on any atom is 0.238 e. The van der Waals surface area contributed by atoms with Gasteiger partial charge in [0.1, 0.15) is 11.8 Å². The molecule has 1 heterocycles. The lowest BCUT2D eigenvalue weighted by Crippen LogP contribution is -2.48. The van der Waals surface area contributed by atoms with Crippen molar-refractivity contribution in [2.45, 2.75) is 58.0 Å². The van der Waals surface area contributed by atoms with Gasteiger partial charge in [0.25, 0.3) is 0 Å². The molecule has 1 aliphatic rings. The number of methoxy groups -OCH3 is 1. The van der Waals surface area contributed by atoms with Crippen molar-refractivity contribution in [3.63, 3.8) is 0 Å². The molecular weight excluding hydrogens is 352 g/mol. The van der Waals surface area contributed by atoms with Crippen LogP contribution >= 0.6 is 0 Å². The van der Waals surface area contributed by atoms with E-state index in [0.29, 0.717) is 19.4 Å². The smallest absolute Gasteiger partial charge is 0.238 e. The van der Waals surface area contributed by atoms with E-state index < -0.39 is 16.1 Å². The number of benzene rings is 1. The zero-order valence-corrected chi connectivity index (χ0v) is 16.7. The van der Waals surface area contributed by atoms with E-state index in [2.05, 4.69) is 5.32 Å². The molecule has 0 aliphatic carbocycles. The van der Waals surface area contributed by atoms with Gasteiger partial charge in [-0.1, -0.05) is 19.1 Å². The molecule has 1 N–H and O–H groups in total. The fourth-order valence-corrected chi connectivity index (χ4v) is 5.04. The van der Waals surface area contributed by atoms with Crippen LogP contribution in [0.25, 0.3) is 0 Å². The van der Waals surface area contributed by atoms with E-state index >= 15 is 0 Å². The molecule has 1 saturated heterocycles. The summed E-state index contributed by atoms with van der Waals surface area (Å²) in [5.74, 6) is 0.748. The standard InChI is InChI=1S/C19H30N2O4S/c1-4-14-26(23,24)21-13-5-6-18(21)19(22)20-15(2)7-8-16-9-11-17(25-3)12-10-16/h9-12,15,18H,4-8,13-14H2,1-3H3,(H,20,22). The minimum atomic E-state index is -3.34. The van der Waals surface area contributed by atoms with Gasteiger partial charge < -0.3 is 10.1 Å². The average Bonchev–Trinajstić information content (AvgIpc) is 3.11. The average molecular weight is 383 g/mol. The number of sulfonamides is 1. The summed E-state index contributed by atoms with van der Waals surface area (Å²) < 4.78 is 31.2. The Labute approximate surface area is 157 Å². The molecule has 146 valence electrons. The molecule has 2 rings (SSSR count). The van der Waals surface area contributed by atoms with E-state index in [0.717, 1.165) is 25.0 Å². The Bertz CT molecular complexity index is 688. The number of nitrogens with one attached hydrogen (secondary N) is 1. The lowest BCUT2D eigenvalue weighted by atomic mass is 10.1. The summed E-state index contributed by atoms with van der Waals surface area (Å²) in [4.78, 5) is 12.6. The molecule has 2 atom stereocenters. The third kappa shape index (κ3) is 5.45. The second-order valence-corrected chi connectivity index (χ2v) is 8.92. The van der Waals surface area contributed by atoms with Crippen molar-refractivity contribution < 1.29 is 17.9 Å². The van der Waals surface area contributed by atoms with Crippen molar-refractivity contribution in [1.82, 2.24) is 9.62 Å². The number of aryl methyl sites for hydroxylation is 1. The van der Waals surface area contributed by atoms with Gasteiger partial charge in [-0.3, -0.25) is 4.79 Å². The Morgan fingerprint density at radius 3 is 2.65 bits per heavy atom. The molecule has 0 bridgehead atoms. The number of hydrogen-bond acceptors (Lipinski definition) is 4. The molecule has 1 aliphatic heterocycles. The van der Waals surface area contributed by atoms with Crippen LogP contribution in [0.4, 0.5) is 0 Å². The van der Waals surface area contributed by atoms with Crippen LogP contribution in [0.15, 0.2) is 24.3 Å². The first kappa shape index (κ1) is 20.7. The minimum absolute atomic E-state index is 0.0130. The zero-order chi connectivity index (χ0) is 19.2. The molecule has 6 nitrogen and oxygen atoms in total. The van der Waals surface area contributed by atoms with Gasteiger partial charge in [0.2, 0.25) is 15.9 Å². The van der Waals surface area contributed by atoms with E-state index in [1.54, 1.807) is 7.11 Å². The summed E-state index contributed by atoms with van der Waals surface area (Å²) in [5.41, 5.74) is 1.18. The third-order valence-electron chi connectivity index (χ3n) is 4.74. The molecule has 1 fully saturated rings. The van der Waals surface area contributed by atoms with Crippen LogP contribution in [0.1, 0.15) is 45.1 Å². The quantitative estimate of drug-likeness (QED) is 0.711. The van der Waals surface area contributed by atoms with Crippen LogP contribution in [0, 0.1) is 0 Å². The number of rotatable bonds is 9. The summed E-state index contributed by atoms with van der Waals surface area (Å²) in [5, 5.41) is 2.99. The Kier molecular flexibility index (Phi) is 7.46. The monoisotopic (exact) mass is 382 g/mol. The summed E-state index contributed by atoms with van der Waals surface area (Å²) in [6.07, 6.45) is 3.53. The maximum absolute atomic E-state index is 12.6. The minimum Gasteiger partial charge on any atom is -0.497 e. The van der Waals surface area contributed by atoms with Crippen LogP contribution in [-0.2, 0) is 21.2 Å². The number of carbonyl (C=O) groups is 1. The molecule has 1 amide bonds. The SMILES string of the molecule is CCCS(=O)(=O)N1CCCC1C(=O)NC(C)CCc1ccc(OC)cc1. The van der Waals surface area contributed by atoms with Crippen LogP contribution in [0.5, 0.6) is 5.75 Å². The lowest BCUT2D eigenvalue weighted by molar-refractivity contribution is -0.124. The lowest BCUT2D eigenvalue weighted by Gasteiger charge is -2.25. The van der Waals surface area contributed by atoms with Crippen molar-refractivity contribution >= 4 is 15.9 Å². The number of amides is 1. The molecule has 26 heavy (non-hydrogen) atoms. The molecule has 0 radical (unpaired) electrons. The molecule has 1 aromatic rings. The van der Waals surface area contributed by atoms with Gasteiger partial charge in [-0.2, -0.15) is 4.31 Å². The predicted octanol–water partition coefficient (Wildman–Crippen LogP) is 2.34. The first-order valence-corrected chi connectivity index (χ1v) is 10.9. The number of nitrogens with zero attached hydrogens (tertiary/aromatic N) is 1. The zero-order valence-electron chi connectivity index (χ0n) is 15.9. The van der Waals surface area contributed by atoms with Gasteiger partial charge in [0.15, 0.2) is 0 Å². The van der Waals surface area contributed by atoms with Crippen LogP contribution in [0.3, 0.4) is 0 Å². The summed E-state index contributed by atoms with van der Waals surface area (Å²) in [6, 6.07) is 7.31. The maximum atomic E-state index is 12.6. The normalized spacial score (nSPS) is 19.3. The molecule has 0 aromatic heterocycles. The fourth-order valence-electron chi connectivity index (χ4n) is 3.30. The number of carbonyl (C=O) groups excluding carboxylic acids is 1. The summed E-state index contributed by atoms with van der Waals surface area (Å²) in [6.45, 7) is 4.24. The van der Waals surface area contributed by atoms with E-state index in [4.69, 9.17) is 4.74 Å².